The lowest BCUT2D eigenvalue weighted by molar-refractivity contribution is -0.386. The van der Waals surface area contributed by atoms with Crippen LogP contribution in [0.5, 0.6) is 5.75 Å². The van der Waals surface area contributed by atoms with Crippen LogP contribution in [-0.2, 0) is 4.74 Å². The van der Waals surface area contributed by atoms with Crippen molar-refractivity contribution in [2.75, 3.05) is 13.1 Å². The zero-order valence-corrected chi connectivity index (χ0v) is 16.9. The standard InChI is InChI=1S/C19H26N4O5/c1-11-16-14(20-12(2)21-16)10-15(17(11)23(25)26)27-13-6-8-22(9-7-13)18(24)28-19(3,4)5/h10,13H,6-9H2,1-5H3,(H,20,21). The fourth-order valence-electron chi connectivity index (χ4n) is 3.38. The Morgan fingerprint density at radius 1 is 1.32 bits per heavy atom. The van der Waals surface area contributed by atoms with Crippen LogP contribution in [0.3, 0.4) is 0 Å². The van der Waals surface area contributed by atoms with Gasteiger partial charge in [-0.05, 0) is 34.6 Å². The molecule has 1 amide bonds. The minimum atomic E-state index is -0.541. The predicted octanol–water partition coefficient (Wildman–Crippen LogP) is 3.87. The first kappa shape index (κ1) is 19.9. The number of amides is 1. The first-order valence-corrected chi connectivity index (χ1v) is 9.34. The van der Waals surface area contributed by atoms with Crippen LogP contribution in [0.15, 0.2) is 6.07 Å². The molecule has 0 radical (unpaired) electrons. The van der Waals surface area contributed by atoms with Crippen molar-refractivity contribution in [2.24, 2.45) is 0 Å². The molecular weight excluding hydrogens is 364 g/mol. The summed E-state index contributed by atoms with van der Waals surface area (Å²) in [4.78, 5) is 32.5. The molecule has 28 heavy (non-hydrogen) atoms. The molecule has 2 heterocycles. The number of aromatic amines is 1. The van der Waals surface area contributed by atoms with Crippen molar-refractivity contribution in [3.63, 3.8) is 0 Å². The van der Waals surface area contributed by atoms with E-state index in [1.807, 2.05) is 20.8 Å². The second-order valence-electron chi connectivity index (χ2n) is 8.11. The zero-order chi connectivity index (χ0) is 20.6. The van der Waals surface area contributed by atoms with Gasteiger partial charge in [0.15, 0.2) is 5.75 Å². The van der Waals surface area contributed by atoms with Gasteiger partial charge in [0.2, 0.25) is 0 Å². The van der Waals surface area contributed by atoms with E-state index in [9.17, 15) is 14.9 Å². The van der Waals surface area contributed by atoms with Crippen LogP contribution in [0.2, 0.25) is 0 Å². The normalized spacial score (nSPS) is 15.7. The van der Waals surface area contributed by atoms with Crippen LogP contribution in [-0.4, -0.2) is 50.7 Å². The number of hydrogen-bond acceptors (Lipinski definition) is 6. The molecule has 1 N–H and O–H groups in total. The molecule has 0 aliphatic carbocycles. The molecule has 3 rings (SSSR count). The molecule has 0 unspecified atom stereocenters. The van der Waals surface area contributed by atoms with Crippen molar-refractivity contribution >= 4 is 22.8 Å². The van der Waals surface area contributed by atoms with E-state index >= 15 is 0 Å². The molecule has 0 atom stereocenters. The molecule has 1 aliphatic rings. The highest BCUT2D eigenvalue weighted by atomic mass is 16.6. The smallest absolute Gasteiger partial charge is 0.410 e. The first-order chi connectivity index (χ1) is 13.0. The molecule has 2 aromatic rings. The largest absolute Gasteiger partial charge is 0.483 e. The Morgan fingerprint density at radius 2 is 1.96 bits per heavy atom. The van der Waals surface area contributed by atoms with Crippen molar-refractivity contribution in [2.45, 2.75) is 59.2 Å². The number of likely N-dealkylation sites (tertiary alicyclic amines) is 1. The summed E-state index contributed by atoms with van der Waals surface area (Å²) in [7, 11) is 0. The van der Waals surface area contributed by atoms with E-state index < -0.39 is 10.5 Å². The van der Waals surface area contributed by atoms with E-state index in [1.165, 1.54) is 0 Å². The van der Waals surface area contributed by atoms with E-state index in [1.54, 1.807) is 24.8 Å². The van der Waals surface area contributed by atoms with Crippen molar-refractivity contribution in [1.82, 2.24) is 14.9 Å². The van der Waals surface area contributed by atoms with Gasteiger partial charge in [-0.3, -0.25) is 10.1 Å². The molecule has 0 bridgehead atoms. The number of benzene rings is 1. The average Bonchev–Trinajstić information content (AvgIpc) is 2.94. The van der Waals surface area contributed by atoms with E-state index in [0.717, 1.165) is 0 Å². The van der Waals surface area contributed by atoms with Gasteiger partial charge in [0.05, 0.1) is 21.5 Å². The summed E-state index contributed by atoms with van der Waals surface area (Å²) in [6.45, 7) is 9.94. The molecule has 152 valence electrons. The molecule has 1 aliphatic heterocycles. The number of nitrogens with one attached hydrogen (secondary N) is 1. The molecule has 9 nitrogen and oxygen atoms in total. The number of hydrogen-bond donors (Lipinski definition) is 1. The van der Waals surface area contributed by atoms with Crippen LogP contribution >= 0.6 is 0 Å². The Morgan fingerprint density at radius 3 is 2.54 bits per heavy atom. The zero-order valence-electron chi connectivity index (χ0n) is 16.9. The lowest BCUT2D eigenvalue weighted by atomic mass is 10.1. The summed E-state index contributed by atoms with van der Waals surface area (Å²) in [6, 6.07) is 1.64. The third-order valence-corrected chi connectivity index (χ3v) is 4.64. The first-order valence-electron chi connectivity index (χ1n) is 9.34. The summed E-state index contributed by atoms with van der Waals surface area (Å²) >= 11 is 0. The Kier molecular flexibility index (Phi) is 5.18. The molecule has 1 saturated heterocycles. The van der Waals surface area contributed by atoms with Gasteiger partial charge in [-0.25, -0.2) is 9.78 Å². The average molecular weight is 390 g/mol. The van der Waals surface area contributed by atoms with E-state index in [2.05, 4.69) is 9.97 Å². The number of nitro groups is 1. The second kappa shape index (κ2) is 7.29. The highest BCUT2D eigenvalue weighted by Gasteiger charge is 2.30. The number of ether oxygens (including phenoxy) is 2. The summed E-state index contributed by atoms with van der Waals surface area (Å²) in [5, 5.41) is 11.6. The van der Waals surface area contributed by atoms with Crippen LogP contribution in [0.1, 0.15) is 45.0 Å². The minimum absolute atomic E-state index is 0.0615. The maximum atomic E-state index is 12.2. The van der Waals surface area contributed by atoms with Crippen LogP contribution in [0, 0.1) is 24.0 Å². The molecule has 9 heteroatoms. The van der Waals surface area contributed by atoms with Gasteiger partial charge < -0.3 is 19.4 Å². The highest BCUT2D eigenvalue weighted by molar-refractivity contribution is 5.85. The van der Waals surface area contributed by atoms with Gasteiger partial charge in [-0.15, -0.1) is 0 Å². The summed E-state index contributed by atoms with van der Waals surface area (Å²) in [6.07, 6.45) is 0.603. The third kappa shape index (κ3) is 4.18. The SMILES string of the molecule is Cc1nc2c(C)c([N+](=O)[O-])c(OC3CCN(C(=O)OC(C)(C)C)CC3)cc2[nH]1. The summed E-state index contributed by atoms with van der Waals surface area (Å²) in [5.74, 6) is 0.921. The van der Waals surface area contributed by atoms with Gasteiger partial charge in [0.1, 0.15) is 17.5 Å². The molecule has 1 fully saturated rings. The number of nitro benzene ring substituents is 1. The maximum absolute atomic E-state index is 12.2. The highest BCUT2D eigenvalue weighted by Crippen LogP contribution is 2.37. The Hall–Kier alpha value is -2.84. The van der Waals surface area contributed by atoms with Crippen molar-refractivity contribution in [3.8, 4) is 5.75 Å². The van der Waals surface area contributed by atoms with E-state index in [-0.39, 0.29) is 23.6 Å². The Labute approximate surface area is 163 Å². The minimum Gasteiger partial charge on any atom is -0.483 e. The number of nitrogens with zero attached hydrogens (tertiary/aromatic N) is 3. The van der Waals surface area contributed by atoms with Gasteiger partial charge in [-0.1, -0.05) is 0 Å². The van der Waals surface area contributed by atoms with Crippen LogP contribution < -0.4 is 4.74 Å². The van der Waals surface area contributed by atoms with Crippen molar-refractivity contribution < 1.29 is 19.2 Å². The maximum Gasteiger partial charge on any atom is 0.410 e. The number of rotatable bonds is 3. The third-order valence-electron chi connectivity index (χ3n) is 4.64. The summed E-state index contributed by atoms with van der Waals surface area (Å²) in [5.41, 5.74) is 1.17. The number of carbonyl (C=O) groups is 1. The number of fused-ring (bicyclic) bond motifs is 1. The molecule has 1 aromatic carbocycles. The topological polar surface area (TPSA) is 111 Å². The predicted molar refractivity (Wildman–Crippen MR) is 104 cm³/mol. The Balaban J connectivity index is 1.74. The summed E-state index contributed by atoms with van der Waals surface area (Å²) < 4.78 is 11.4. The van der Waals surface area contributed by atoms with Gasteiger partial charge in [-0.2, -0.15) is 0 Å². The molecule has 0 saturated carbocycles. The van der Waals surface area contributed by atoms with Crippen LogP contribution in [0.4, 0.5) is 10.5 Å². The van der Waals surface area contributed by atoms with Crippen molar-refractivity contribution in [1.29, 1.82) is 0 Å². The number of piperidine rings is 1. The molecule has 1 aromatic heterocycles. The number of carbonyl (C=O) groups excluding carboxylic acids is 1. The fourth-order valence-corrected chi connectivity index (χ4v) is 3.38. The van der Waals surface area contributed by atoms with Crippen LogP contribution in [0.25, 0.3) is 11.0 Å². The molecular formula is C19H26N4O5. The number of H-pyrrole nitrogens is 1. The van der Waals surface area contributed by atoms with Gasteiger partial charge in [0.25, 0.3) is 0 Å². The number of aromatic nitrogens is 2. The monoisotopic (exact) mass is 390 g/mol. The van der Waals surface area contributed by atoms with Crippen molar-refractivity contribution in [3.05, 3.63) is 27.6 Å². The van der Waals surface area contributed by atoms with E-state index in [4.69, 9.17) is 9.47 Å². The molecule has 0 spiro atoms. The van der Waals surface area contributed by atoms with Gasteiger partial charge in [0, 0.05) is 32.0 Å². The lowest BCUT2D eigenvalue weighted by Gasteiger charge is -2.33. The number of aryl methyl sites for hydroxylation is 2. The fraction of sp³-hybridized carbons (Fsp3) is 0.579. The van der Waals surface area contributed by atoms with Gasteiger partial charge >= 0.3 is 11.8 Å². The quantitative estimate of drug-likeness (QED) is 0.629. The second-order valence-corrected chi connectivity index (χ2v) is 8.11. The van der Waals surface area contributed by atoms with E-state index in [0.29, 0.717) is 48.4 Å². The number of imidazole rings is 1. The lowest BCUT2D eigenvalue weighted by Crippen LogP contribution is -2.44. The Bertz CT molecular complexity index is 907.